The number of carbonyl (C=O) groups excluding carboxylic acids is 2. The Morgan fingerprint density at radius 1 is 0.893 bits per heavy atom. The van der Waals surface area contributed by atoms with Gasteiger partial charge in [-0.15, -0.1) is 0 Å². The molecule has 158 valence electrons. The molecule has 0 radical (unpaired) electrons. The quantitative estimate of drug-likeness (QED) is 0.251. The van der Waals surface area contributed by atoms with E-state index in [2.05, 4.69) is 20.8 Å². The molecular formula is C21H29Cl3O4. The molecular weight excluding hydrogens is 423 g/mol. The molecule has 0 amide bonds. The highest BCUT2D eigenvalue weighted by Crippen LogP contribution is 2.36. The molecule has 0 spiro atoms. The summed E-state index contributed by atoms with van der Waals surface area (Å²) in [5.74, 6) is 0.521. The zero-order chi connectivity index (χ0) is 21.1. The first-order valence-electron chi connectivity index (χ1n) is 9.69. The van der Waals surface area contributed by atoms with Crippen molar-refractivity contribution in [2.75, 3.05) is 6.61 Å². The second kappa shape index (κ2) is 13.3. The molecule has 0 aromatic heterocycles. The molecule has 7 heteroatoms. The molecule has 0 N–H and O–H groups in total. The second-order valence-corrected chi connectivity index (χ2v) is 8.72. The van der Waals surface area contributed by atoms with Crippen molar-refractivity contribution >= 4 is 46.7 Å². The van der Waals surface area contributed by atoms with E-state index in [1.165, 1.54) is 25.0 Å². The first-order valence-corrected chi connectivity index (χ1v) is 10.8. The minimum atomic E-state index is -0.516. The summed E-state index contributed by atoms with van der Waals surface area (Å²) in [6.45, 7) is 7.04. The van der Waals surface area contributed by atoms with Crippen molar-refractivity contribution in [2.24, 2.45) is 11.8 Å². The third-order valence-electron chi connectivity index (χ3n) is 4.29. The minimum Gasteiger partial charge on any atom is -0.466 e. The lowest BCUT2D eigenvalue weighted by Gasteiger charge is -2.12. The molecule has 28 heavy (non-hydrogen) atoms. The van der Waals surface area contributed by atoms with E-state index in [1.807, 2.05) is 0 Å². The maximum atomic E-state index is 11.9. The number of rotatable bonds is 12. The normalized spacial score (nSPS) is 12.1. The van der Waals surface area contributed by atoms with Gasteiger partial charge in [-0.3, -0.25) is 9.59 Å². The summed E-state index contributed by atoms with van der Waals surface area (Å²) in [4.78, 5) is 23.7. The van der Waals surface area contributed by atoms with Gasteiger partial charge in [0, 0.05) is 17.9 Å². The Bertz CT molecular complexity index is 624. The molecule has 0 heterocycles. The van der Waals surface area contributed by atoms with Crippen LogP contribution in [0.15, 0.2) is 12.1 Å². The van der Waals surface area contributed by atoms with Crippen LogP contribution in [0.5, 0.6) is 5.75 Å². The standard InChI is InChI=1S/C21H29Cl3O4/c1-14(2)6-4-7-15(3)10-11-27-19(25)8-5-9-20(26)28-21-17(23)12-16(22)13-18(21)24/h12-15H,4-11H2,1-3H3. The second-order valence-electron chi connectivity index (χ2n) is 7.47. The zero-order valence-electron chi connectivity index (χ0n) is 16.7. The molecule has 1 aromatic carbocycles. The Kier molecular flexibility index (Phi) is 11.9. The van der Waals surface area contributed by atoms with Crippen LogP contribution in [0, 0.1) is 11.8 Å². The zero-order valence-corrected chi connectivity index (χ0v) is 19.0. The lowest BCUT2D eigenvalue weighted by molar-refractivity contribution is -0.144. The number of hydrogen-bond acceptors (Lipinski definition) is 4. The van der Waals surface area contributed by atoms with Crippen LogP contribution < -0.4 is 4.74 Å². The average molecular weight is 452 g/mol. The van der Waals surface area contributed by atoms with Crippen molar-refractivity contribution in [3.63, 3.8) is 0 Å². The smallest absolute Gasteiger partial charge is 0.311 e. The number of carbonyl (C=O) groups is 2. The summed E-state index contributed by atoms with van der Waals surface area (Å²) >= 11 is 17.8. The molecule has 0 bridgehead atoms. The number of halogens is 3. The topological polar surface area (TPSA) is 52.6 Å². The van der Waals surface area contributed by atoms with Crippen molar-refractivity contribution < 1.29 is 19.1 Å². The van der Waals surface area contributed by atoms with Crippen LogP contribution in [0.25, 0.3) is 0 Å². The molecule has 0 aliphatic rings. The van der Waals surface area contributed by atoms with E-state index < -0.39 is 5.97 Å². The Hall–Kier alpha value is -0.970. The molecule has 1 aromatic rings. The lowest BCUT2D eigenvalue weighted by atomic mass is 9.98. The molecule has 0 aliphatic heterocycles. The van der Waals surface area contributed by atoms with E-state index in [9.17, 15) is 9.59 Å². The van der Waals surface area contributed by atoms with E-state index in [0.29, 0.717) is 24.0 Å². The van der Waals surface area contributed by atoms with Crippen molar-refractivity contribution in [3.05, 3.63) is 27.2 Å². The fourth-order valence-electron chi connectivity index (χ4n) is 2.63. The number of ether oxygens (including phenoxy) is 2. The third kappa shape index (κ3) is 10.5. The van der Waals surface area contributed by atoms with Crippen molar-refractivity contribution in [1.82, 2.24) is 0 Å². The number of benzene rings is 1. The predicted molar refractivity (Wildman–Crippen MR) is 114 cm³/mol. The van der Waals surface area contributed by atoms with Gasteiger partial charge < -0.3 is 9.47 Å². The Morgan fingerprint density at radius 3 is 2.11 bits per heavy atom. The van der Waals surface area contributed by atoms with Crippen LogP contribution in [0.2, 0.25) is 15.1 Å². The van der Waals surface area contributed by atoms with E-state index in [4.69, 9.17) is 44.3 Å². The van der Waals surface area contributed by atoms with Gasteiger partial charge in [0.2, 0.25) is 0 Å². The van der Waals surface area contributed by atoms with Crippen LogP contribution in [0.1, 0.15) is 65.7 Å². The first-order chi connectivity index (χ1) is 13.2. The Labute approximate surface area is 182 Å². The summed E-state index contributed by atoms with van der Waals surface area (Å²) < 4.78 is 10.4. The van der Waals surface area contributed by atoms with Crippen LogP contribution in [0.4, 0.5) is 0 Å². The van der Waals surface area contributed by atoms with Gasteiger partial charge in [-0.1, -0.05) is 74.8 Å². The number of hydrogen-bond donors (Lipinski definition) is 0. The summed E-state index contributed by atoms with van der Waals surface area (Å²) in [6, 6.07) is 2.89. The van der Waals surface area contributed by atoms with Crippen molar-refractivity contribution in [3.8, 4) is 5.75 Å². The van der Waals surface area contributed by atoms with Crippen molar-refractivity contribution in [1.29, 1.82) is 0 Å². The Morgan fingerprint density at radius 2 is 1.50 bits per heavy atom. The van der Waals surface area contributed by atoms with Crippen LogP contribution in [0.3, 0.4) is 0 Å². The predicted octanol–water partition coefficient (Wildman–Crippen LogP) is 7.12. The molecule has 0 aliphatic carbocycles. The first kappa shape index (κ1) is 25.1. The fraction of sp³-hybridized carbons (Fsp3) is 0.619. The van der Waals surface area contributed by atoms with E-state index in [1.54, 1.807) is 0 Å². The van der Waals surface area contributed by atoms with Gasteiger partial charge in [-0.05, 0) is 36.8 Å². The highest BCUT2D eigenvalue weighted by molar-refractivity contribution is 6.40. The fourth-order valence-corrected chi connectivity index (χ4v) is 3.53. The summed E-state index contributed by atoms with van der Waals surface area (Å²) in [7, 11) is 0. The summed E-state index contributed by atoms with van der Waals surface area (Å²) in [5.41, 5.74) is 0. The monoisotopic (exact) mass is 450 g/mol. The van der Waals surface area contributed by atoms with Crippen LogP contribution in [-0.2, 0) is 14.3 Å². The maximum Gasteiger partial charge on any atom is 0.311 e. The summed E-state index contributed by atoms with van der Waals surface area (Å²) in [5, 5.41) is 0.673. The van der Waals surface area contributed by atoms with Gasteiger partial charge in [0.1, 0.15) is 0 Å². The molecule has 1 atom stereocenters. The lowest BCUT2D eigenvalue weighted by Crippen LogP contribution is -2.12. The maximum absolute atomic E-state index is 11.9. The average Bonchev–Trinajstić information content (AvgIpc) is 2.57. The van der Waals surface area contributed by atoms with E-state index in [0.717, 1.165) is 18.8 Å². The summed E-state index contributed by atoms with van der Waals surface area (Å²) in [6.07, 6.45) is 5.01. The number of esters is 2. The van der Waals surface area contributed by atoms with Gasteiger partial charge >= 0.3 is 11.9 Å². The minimum absolute atomic E-state index is 0.0655. The SMILES string of the molecule is CC(C)CCCC(C)CCOC(=O)CCCC(=O)Oc1c(Cl)cc(Cl)cc1Cl. The van der Waals surface area contributed by atoms with E-state index >= 15 is 0 Å². The van der Waals surface area contributed by atoms with Crippen LogP contribution in [-0.4, -0.2) is 18.5 Å². The third-order valence-corrected chi connectivity index (χ3v) is 5.07. The van der Waals surface area contributed by atoms with Gasteiger partial charge in [-0.2, -0.15) is 0 Å². The molecule has 4 nitrogen and oxygen atoms in total. The van der Waals surface area contributed by atoms with Gasteiger partial charge in [0.05, 0.1) is 16.7 Å². The van der Waals surface area contributed by atoms with Gasteiger partial charge in [0.25, 0.3) is 0 Å². The van der Waals surface area contributed by atoms with E-state index in [-0.39, 0.29) is 34.6 Å². The highest BCUT2D eigenvalue weighted by Gasteiger charge is 2.14. The molecule has 0 fully saturated rings. The Balaban J connectivity index is 2.20. The highest BCUT2D eigenvalue weighted by atomic mass is 35.5. The molecule has 1 rings (SSSR count). The molecule has 0 saturated heterocycles. The molecule has 1 unspecified atom stereocenters. The van der Waals surface area contributed by atoms with Crippen LogP contribution >= 0.6 is 34.8 Å². The van der Waals surface area contributed by atoms with Gasteiger partial charge in [0.15, 0.2) is 5.75 Å². The van der Waals surface area contributed by atoms with Crippen molar-refractivity contribution in [2.45, 2.75) is 65.7 Å². The largest absolute Gasteiger partial charge is 0.466 e. The molecule has 0 saturated carbocycles. The van der Waals surface area contributed by atoms with Gasteiger partial charge in [-0.25, -0.2) is 0 Å².